The average Bonchev–Trinajstić information content (AvgIpc) is 3.15. The van der Waals surface area contributed by atoms with Crippen molar-refractivity contribution >= 4 is 16.2 Å². The Balaban J connectivity index is 1.81. The molecule has 0 bridgehead atoms. The molecule has 18 heavy (non-hydrogen) atoms. The van der Waals surface area contributed by atoms with Gasteiger partial charge in [-0.1, -0.05) is 0 Å². The second kappa shape index (κ2) is 4.79. The first-order valence-electron chi connectivity index (χ1n) is 6.28. The van der Waals surface area contributed by atoms with E-state index in [0.29, 0.717) is 12.5 Å². The number of rotatable bonds is 8. The molecule has 6 nitrogen and oxygen atoms in total. The summed E-state index contributed by atoms with van der Waals surface area (Å²) in [6.07, 6.45) is 4.48. The molecule has 0 atom stereocenters. The highest BCUT2D eigenvalue weighted by Crippen LogP contribution is 2.60. The van der Waals surface area contributed by atoms with Crippen LogP contribution in [0, 0.1) is 11.3 Å². The third-order valence-corrected chi connectivity index (χ3v) is 5.51. The Bertz CT molecular complexity index is 426. The topological polar surface area (TPSA) is 86.7 Å². The summed E-state index contributed by atoms with van der Waals surface area (Å²) in [5.41, 5.74) is 0.209. The lowest BCUT2D eigenvalue weighted by atomic mass is 10.0. The van der Waals surface area contributed by atoms with Gasteiger partial charge in [0.1, 0.15) is 0 Å². The van der Waals surface area contributed by atoms with Crippen molar-refractivity contribution in [2.24, 2.45) is 11.3 Å². The van der Waals surface area contributed by atoms with Gasteiger partial charge in [-0.15, -0.1) is 0 Å². The third-order valence-electron chi connectivity index (χ3n) is 3.99. The molecular weight excluding hydrogens is 256 g/mol. The predicted octanol–water partition coefficient (Wildman–Crippen LogP) is 0.417. The van der Waals surface area contributed by atoms with Gasteiger partial charge in [-0.05, 0) is 37.0 Å². The molecule has 0 heterocycles. The van der Waals surface area contributed by atoms with Gasteiger partial charge >= 0.3 is 5.97 Å². The van der Waals surface area contributed by atoms with Gasteiger partial charge in [-0.2, -0.15) is 12.7 Å². The average molecular weight is 276 g/mol. The Kier molecular flexibility index (Phi) is 3.66. The largest absolute Gasteiger partial charge is 0.481 e. The molecule has 0 radical (unpaired) electrons. The molecule has 7 heteroatoms. The van der Waals surface area contributed by atoms with E-state index < -0.39 is 16.2 Å². The molecule has 2 saturated carbocycles. The van der Waals surface area contributed by atoms with Gasteiger partial charge in [-0.3, -0.25) is 4.79 Å². The first-order valence-corrected chi connectivity index (χ1v) is 7.72. The zero-order valence-electron chi connectivity index (χ0n) is 10.6. The van der Waals surface area contributed by atoms with E-state index in [1.54, 1.807) is 0 Å². The number of aliphatic carboxylic acids is 1. The minimum Gasteiger partial charge on any atom is -0.481 e. The van der Waals surface area contributed by atoms with Crippen molar-refractivity contribution in [2.75, 3.05) is 20.1 Å². The molecule has 0 saturated heterocycles. The molecular formula is C11H20N2O4S. The molecule has 0 amide bonds. The Labute approximate surface area is 108 Å². The summed E-state index contributed by atoms with van der Waals surface area (Å²) in [6, 6.07) is 0. The Morgan fingerprint density at radius 3 is 2.50 bits per heavy atom. The summed E-state index contributed by atoms with van der Waals surface area (Å²) in [4.78, 5) is 10.4. The molecule has 2 aliphatic rings. The van der Waals surface area contributed by atoms with E-state index in [9.17, 15) is 13.2 Å². The highest BCUT2D eigenvalue weighted by Gasteiger charge is 2.53. The van der Waals surface area contributed by atoms with Crippen molar-refractivity contribution in [3.8, 4) is 0 Å². The number of carboxylic acid groups (broad SMARTS) is 1. The third kappa shape index (κ3) is 3.21. The first-order chi connectivity index (χ1) is 8.36. The summed E-state index contributed by atoms with van der Waals surface area (Å²) in [7, 11) is -2.13. The summed E-state index contributed by atoms with van der Waals surface area (Å²) < 4.78 is 27.5. The van der Waals surface area contributed by atoms with Crippen LogP contribution < -0.4 is 4.72 Å². The minimum absolute atomic E-state index is 0.00109. The van der Waals surface area contributed by atoms with Crippen LogP contribution in [0.4, 0.5) is 0 Å². The maximum absolute atomic E-state index is 11.9. The summed E-state index contributed by atoms with van der Waals surface area (Å²) in [5, 5.41) is 8.54. The zero-order valence-corrected chi connectivity index (χ0v) is 11.4. The van der Waals surface area contributed by atoms with Crippen molar-refractivity contribution in [2.45, 2.75) is 32.1 Å². The van der Waals surface area contributed by atoms with E-state index in [1.807, 2.05) is 0 Å². The number of carboxylic acids is 1. The monoisotopic (exact) mass is 276 g/mol. The predicted molar refractivity (Wildman–Crippen MR) is 66.2 cm³/mol. The molecule has 104 valence electrons. The molecule has 2 rings (SSSR count). The van der Waals surface area contributed by atoms with Gasteiger partial charge < -0.3 is 5.11 Å². The van der Waals surface area contributed by atoms with E-state index in [0.717, 1.165) is 17.1 Å². The molecule has 2 fully saturated rings. The number of hydrogen-bond donors (Lipinski definition) is 2. The Hall–Kier alpha value is -0.660. The van der Waals surface area contributed by atoms with Gasteiger partial charge in [0.15, 0.2) is 0 Å². The fraction of sp³-hybridized carbons (Fsp3) is 0.909. The van der Waals surface area contributed by atoms with Crippen molar-refractivity contribution < 1.29 is 18.3 Å². The van der Waals surface area contributed by atoms with Crippen molar-refractivity contribution in [3.63, 3.8) is 0 Å². The van der Waals surface area contributed by atoms with Gasteiger partial charge in [0.25, 0.3) is 10.2 Å². The van der Waals surface area contributed by atoms with Crippen LogP contribution in [0.15, 0.2) is 0 Å². The zero-order chi connectivity index (χ0) is 13.4. The highest BCUT2D eigenvalue weighted by atomic mass is 32.2. The van der Waals surface area contributed by atoms with E-state index >= 15 is 0 Å². The smallest absolute Gasteiger partial charge is 0.304 e. The van der Waals surface area contributed by atoms with E-state index in [2.05, 4.69) is 4.72 Å². The Morgan fingerprint density at radius 1 is 1.44 bits per heavy atom. The van der Waals surface area contributed by atoms with Crippen molar-refractivity contribution in [1.29, 1.82) is 0 Å². The fourth-order valence-corrected chi connectivity index (χ4v) is 3.33. The summed E-state index contributed by atoms with van der Waals surface area (Å²) in [6.45, 7) is 0.499. The number of hydrogen-bond acceptors (Lipinski definition) is 3. The summed E-state index contributed by atoms with van der Waals surface area (Å²) >= 11 is 0. The maximum atomic E-state index is 11.9. The van der Waals surface area contributed by atoms with E-state index in [1.165, 1.54) is 19.9 Å². The molecule has 2 aliphatic carbocycles. The van der Waals surface area contributed by atoms with Crippen LogP contribution >= 0.6 is 0 Å². The van der Waals surface area contributed by atoms with Crippen LogP contribution in [0.3, 0.4) is 0 Å². The number of carbonyl (C=O) groups is 1. The highest BCUT2D eigenvalue weighted by molar-refractivity contribution is 7.87. The summed E-state index contributed by atoms with van der Waals surface area (Å²) in [5.74, 6) is -0.293. The van der Waals surface area contributed by atoms with E-state index in [-0.39, 0.29) is 18.4 Å². The van der Waals surface area contributed by atoms with Crippen LogP contribution in [0.25, 0.3) is 0 Å². The standard InChI is InChI=1S/C11H20N2O4S/c1-13(7-4-10(14)15)18(16,17)12-8-11(5-6-11)9-2-3-9/h9,12H,2-8H2,1H3,(H,14,15). The molecule has 2 N–H and O–H groups in total. The van der Waals surface area contributed by atoms with Crippen molar-refractivity contribution in [1.82, 2.24) is 9.03 Å². The molecule has 0 aromatic carbocycles. The lowest BCUT2D eigenvalue weighted by Gasteiger charge is -2.20. The number of nitrogens with one attached hydrogen (secondary N) is 1. The van der Waals surface area contributed by atoms with Gasteiger partial charge in [0, 0.05) is 20.1 Å². The van der Waals surface area contributed by atoms with Crippen LogP contribution in [0.1, 0.15) is 32.1 Å². The minimum atomic E-state index is -3.53. The molecule has 0 aliphatic heterocycles. The van der Waals surface area contributed by atoms with Gasteiger partial charge in [0.05, 0.1) is 6.42 Å². The van der Waals surface area contributed by atoms with Gasteiger partial charge in [0.2, 0.25) is 0 Å². The second-order valence-electron chi connectivity index (χ2n) is 5.43. The van der Waals surface area contributed by atoms with Crippen LogP contribution in [-0.4, -0.2) is 43.9 Å². The fourth-order valence-electron chi connectivity index (χ4n) is 2.30. The first kappa shape index (κ1) is 13.8. The van der Waals surface area contributed by atoms with Crippen LogP contribution in [-0.2, 0) is 15.0 Å². The molecule has 0 aromatic heterocycles. The SMILES string of the molecule is CN(CCC(=O)O)S(=O)(=O)NCC1(C2CC2)CC1. The van der Waals surface area contributed by atoms with Crippen LogP contribution in [0.5, 0.6) is 0 Å². The van der Waals surface area contributed by atoms with E-state index in [4.69, 9.17) is 5.11 Å². The maximum Gasteiger partial charge on any atom is 0.304 e. The van der Waals surface area contributed by atoms with Gasteiger partial charge in [-0.25, -0.2) is 4.72 Å². The second-order valence-corrected chi connectivity index (χ2v) is 7.29. The lowest BCUT2D eigenvalue weighted by molar-refractivity contribution is -0.137. The molecule has 0 spiro atoms. The molecule has 0 unspecified atom stereocenters. The Morgan fingerprint density at radius 2 is 2.06 bits per heavy atom. The lowest BCUT2D eigenvalue weighted by Crippen LogP contribution is -2.42. The van der Waals surface area contributed by atoms with Crippen molar-refractivity contribution in [3.05, 3.63) is 0 Å². The number of nitrogens with zero attached hydrogens (tertiary/aromatic N) is 1. The quantitative estimate of drug-likeness (QED) is 0.672. The molecule has 0 aromatic rings. The van der Waals surface area contributed by atoms with Crippen LogP contribution in [0.2, 0.25) is 0 Å². The normalized spacial score (nSPS) is 22.1.